The fourth-order valence-corrected chi connectivity index (χ4v) is 3.90. The number of piperazine rings is 1. The Balaban J connectivity index is 1.26. The molecule has 2 fully saturated rings. The van der Waals surface area contributed by atoms with Crippen molar-refractivity contribution in [3.63, 3.8) is 0 Å². The number of nitrogens with zero attached hydrogens (tertiary/aromatic N) is 5. The molecule has 26 heavy (non-hydrogen) atoms. The van der Waals surface area contributed by atoms with Crippen molar-refractivity contribution in [1.82, 2.24) is 19.8 Å². The topological polar surface area (TPSA) is 35.5 Å². The summed E-state index contributed by atoms with van der Waals surface area (Å²) in [5.41, 5.74) is 4.07. The van der Waals surface area contributed by atoms with Gasteiger partial charge in [-0.15, -0.1) is 0 Å². The van der Waals surface area contributed by atoms with Crippen molar-refractivity contribution in [2.24, 2.45) is 0 Å². The average Bonchev–Trinajstić information content (AvgIpc) is 3.21. The van der Waals surface area contributed by atoms with E-state index in [-0.39, 0.29) is 0 Å². The van der Waals surface area contributed by atoms with Crippen molar-refractivity contribution in [2.75, 3.05) is 44.2 Å². The van der Waals surface area contributed by atoms with E-state index in [1.807, 2.05) is 12.4 Å². The molecule has 2 aliphatic heterocycles. The molecule has 2 aromatic rings. The Morgan fingerprint density at radius 1 is 0.808 bits per heavy atom. The number of aryl methyl sites for hydroxylation is 1. The van der Waals surface area contributed by atoms with Crippen LogP contribution in [-0.4, -0.2) is 59.0 Å². The molecule has 138 valence electrons. The van der Waals surface area contributed by atoms with Gasteiger partial charge in [0, 0.05) is 70.3 Å². The molecule has 0 aliphatic carbocycles. The minimum absolute atomic E-state index is 0.898. The summed E-state index contributed by atoms with van der Waals surface area (Å²) in [5.74, 6) is 0.898. The lowest BCUT2D eigenvalue weighted by Gasteiger charge is -2.34. The summed E-state index contributed by atoms with van der Waals surface area (Å²) < 4.78 is 0. The van der Waals surface area contributed by atoms with Gasteiger partial charge in [-0.05, 0) is 30.9 Å². The lowest BCUT2D eigenvalue weighted by atomic mass is 10.1. The molecule has 1 aromatic carbocycles. The number of hydrogen-bond acceptors (Lipinski definition) is 5. The summed E-state index contributed by atoms with van der Waals surface area (Å²) in [6.45, 7) is 10.9. The van der Waals surface area contributed by atoms with Crippen LogP contribution in [0.4, 0.5) is 5.95 Å². The SMILES string of the molecule is Cc1ccccc1CN1CCN(Cc2cnc(N3CCCC3)nc2)CC1. The zero-order valence-corrected chi connectivity index (χ0v) is 15.8. The van der Waals surface area contributed by atoms with E-state index in [0.29, 0.717) is 0 Å². The van der Waals surface area contributed by atoms with Gasteiger partial charge < -0.3 is 4.90 Å². The minimum Gasteiger partial charge on any atom is -0.341 e. The molecule has 1 aromatic heterocycles. The molecule has 0 N–H and O–H groups in total. The highest BCUT2D eigenvalue weighted by Gasteiger charge is 2.18. The van der Waals surface area contributed by atoms with Gasteiger partial charge in [0.25, 0.3) is 0 Å². The molecule has 2 aliphatic rings. The van der Waals surface area contributed by atoms with Crippen LogP contribution in [0.2, 0.25) is 0 Å². The first-order valence-corrected chi connectivity index (χ1v) is 9.83. The second-order valence-electron chi connectivity index (χ2n) is 7.56. The van der Waals surface area contributed by atoms with E-state index in [0.717, 1.165) is 58.3 Å². The number of anilines is 1. The summed E-state index contributed by atoms with van der Waals surface area (Å²) in [5, 5.41) is 0. The monoisotopic (exact) mass is 351 g/mol. The van der Waals surface area contributed by atoms with E-state index >= 15 is 0 Å². The minimum atomic E-state index is 0.898. The molecule has 0 amide bonds. The van der Waals surface area contributed by atoms with Crippen molar-refractivity contribution >= 4 is 5.95 Å². The maximum absolute atomic E-state index is 4.58. The van der Waals surface area contributed by atoms with Crippen LogP contribution in [-0.2, 0) is 13.1 Å². The van der Waals surface area contributed by atoms with Crippen LogP contribution in [0.15, 0.2) is 36.7 Å². The van der Waals surface area contributed by atoms with Gasteiger partial charge in [0.2, 0.25) is 5.95 Å². The fourth-order valence-electron chi connectivity index (χ4n) is 3.90. The normalized spacial score (nSPS) is 19.2. The Bertz CT molecular complexity index is 701. The van der Waals surface area contributed by atoms with Crippen LogP contribution < -0.4 is 4.90 Å². The lowest BCUT2D eigenvalue weighted by Crippen LogP contribution is -2.45. The molecule has 0 unspecified atom stereocenters. The Kier molecular flexibility index (Phi) is 5.46. The van der Waals surface area contributed by atoms with Gasteiger partial charge in [0.1, 0.15) is 0 Å². The summed E-state index contributed by atoms with van der Waals surface area (Å²) in [7, 11) is 0. The highest BCUT2D eigenvalue weighted by molar-refractivity contribution is 5.31. The maximum atomic E-state index is 4.58. The molecule has 5 heteroatoms. The largest absolute Gasteiger partial charge is 0.341 e. The molecule has 4 rings (SSSR count). The first-order valence-electron chi connectivity index (χ1n) is 9.83. The summed E-state index contributed by atoms with van der Waals surface area (Å²) in [4.78, 5) is 16.5. The molecule has 0 bridgehead atoms. The zero-order chi connectivity index (χ0) is 17.8. The van der Waals surface area contributed by atoms with Gasteiger partial charge in [-0.1, -0.05) is 24.3 Å². The first-order chi connectivity index (χ1) is 12.8. The fraction of sp³-hybridized carbons (Fsp3) is 0.524. The standard InChI is InChI=1S/C21H29N5/c1-18-6-2-3-7-20(18)17-25-12-10-24(11-13-25)16-19-14-22-21(23-15-19)26-8-4-5-9-26/h2-3,6-7,14-15H,4-5,8-13,16-17H2,1H3. The van der Waals surface area contributed by atoms with Gasteiger partial charge in [0.15, 0.2) is 0 Å². The molecule has 5 nitrogen and oxygen atoms in total. The van der Waals surface area contributed by atoms with Crippen molar-refractivity contribution in [2.45, 2.75) is 32.9 Å². The van der Waals surface area contributed by atoms with E-state index in [1.54, 1.807) is 0 Å². The van der Waals surface area contributed by atoms with Crippen molar-refractivity contribution in [1.29, 1.82) is 0 Å². The van der Waals surface area contributed by atoms with Crippen molar-refractivity contribution in [3.8, 4) is 0 Å². The van der Waals surface area contributed by atoms with Crippen molar-refractivity contribution < 1.29 is 0 Å². The van der Waals surface area contributed by atoms with Gasteiger partial charge in [0.05, 0.1) is 0 Å². The van der Waals surface area contributed by atoms with E-state index in [4.69, 9.17) is 0 Å². The Morgan fingerprint density at radius 3 is 2.08 bits per heavy atom. The Hall–Kier alpha value is -1.98. The smallest absolute Gasteiger partial charge is 0.225 e. The number of aromatic nitrogens is 2. The predicted octanol–water partition coefficient (Wildman–Crippen LogP) is 2.70. The molecule has 0 radical (unpaired) electrons. The predicted molar refractivity (Wildman–Crippen MR) is 105 cm³/mol. The number of hydrogen-bond donors (Lipinski definition) is 0. The van der Waals surface area contributed by atoms with Gasteiger partial charge in [-0.25, -0.2) is 9.97 Å². The molecule has 0 saturated carbocycles. The Labute approximate surface area is 156 Å². The van der Waals surface area contributed by atoms with Crippen LogP contribution in [0.1, 0.15) is 29.5 Å². The highest BCUT2D eigenvalue weighted by Crippen LogP contribution is 2.16. The summed E-state index contributed by atoms with van der Waals surface area (Å²) in [6, 6.07) is 8.72. The lowest BCUT2D eigenvalue weighted by molar-refractivity contribution is 0.121. The molecule has 0 atom stereocenters. The molecular weight excluding hydrogens is 322 g/mol. The second-order valence-corrected chi connectivity index (χ2v) is 7.56. The summed E-state index contributed by atoms with van der Waals surface area (Å²) in [6.07, 6.45) is 6.55. The van der Waals surface area contributed by atoms with Crippen LogP contribution >= 0.6 is 0 Å². The Morgan fingerprint density at radius 2 is 1.42 bits per heavy atom. The first kappa shape index (κ1) is 17.4. The highest BCUT2D eigenvalue weighted by atomic mass is 15.3. The van der Waals surface area contributed by atoms with Gasteiger partial charge >= 0.3 is 0 Å². The van der Waals surface area contributed by atoms with Crippen LogP contribution in [0, 0.1) is 6.92 Å². The van der Waals surface area contributed by atoms with E-state index < -0.39 is 0 Å². The van der Waals surface area contributed by atoms with Crippen LogP contribution in [0.3, 0.4) is 0 Å². The molecule has 3 heterocycles. The number of rotatable bonds is 5. The molecule has 0 spiro atoms. The van der Waals surface area contributed by atoms with Crippen LogP contribution in [0.25, 0.3) is 0 Å². The van der Waals surface area contributed by atoms with Crippen molar-refractivity contribution in [3.05, 3.63) is 53.3 Å². The molecular formula is C21H29N5. The molecule has 2 saturated heterocycles. The zero-order valence-electron chi connectivity index (χ0n) is 15.8. The van der Waals surface area contributed by atoms with Gasteiger partial charge in [-0.2, -0.15) is 0 Å². The van der Waals surface area contributed by atoms with Crippen LogP contribution in [0.5, 0.6) is 0 Å². The third-order valence-electron chi connectivity index (χ3n) is 5.61. The number of benzene rings is 1. The van der Waals surface area contributed by atoms with E-state index in [2.05, 4.69) is 55.9 Å². The average molecular weight is 351 g/mol. The maximum Gasteiger partial charge on any atom is 0.225 e. The van der Waals surface area contributed by atoms with Gasteiger partial charge in [-0.3, -0.25) is 9.80 Å². The van der Waals surface area contributed by atoms with E-state index in [9.17, 15) is 0 Å². The van der Waals surface area contributed by atoms with E-state index in [1.165, 1.54) is 29.5 Å². The third kappa shape index (κ3) is 4.22. The third-order valence-corrected chi connectivity index (χ3v) is 5.61. The second kappa shape index (κ2) is 8.14. The quantitative estimate of drug-likeness (QED) is 0.828. The summed E-state index contributed by atoms with van der Waals surface area (Å²) >= 11 is 0.